The number of alkyl halides is 1. The fourth-order valence-electron chi connectivity index (χ4n) is 1.74. The van der Waals surface area contributed by atoms with Gasteiger partial charge >= 0.3 is 5.97 Å². The Hall–Kier alpha value is -0.570. The van der Waals surface area contributed by atoms with Gasteiger partial charge in [0.1, 0.15) is 5.60 Å². The van der Waals surface area contributed by atoms with Crippen molar-refractivity contribution in [3.63, 3.8) is 0 Å². The normalized spacial score (nSPS) is 27.4. The highest BCUT2D eigenvalue weighted by Gasteiger charge is 2.46. The van der Waals surface area contributed by atoms with Crippen molar-refractivity contribution in [2.24, 2.45) is 0 Å². The average Bonchev–Trinajstić information content (AvgIpc) is 2.28. The van der Waals surface area contributed by atoms with Gasteiger partial charge < -0.3 is 4.74 Å². The predicted molar refractivity (Wildman–Crippen MR) is 62.5 cm³/mol. The summed E-state index contributed by atoms with van der Waals surface area (Å²) in [5.41, 5.74) is -0.606. The van der Waals surface area contributed by atoms with Gasteiger partial charge in [-0.05, 0) is 33.6 Å². The van der Waals surface area contributed by atoms with Crippen LogP contribution < -0.4 is 0 Å². The molecule has 0 heterocycles. The largest absolute Gasteiger partial charge is 0.458 e. The third-order valence-corrected chi connectivity index (χ3v) is 3.14. The van der Waals surface area contributed by atoms with Gasteiger partial charge in [0.25, 0.3) is 0 Å². The van der Waals surface area contributed by atoms with E-state index in [0.717, 1.165) is 19.3 Å². The van der Waals surface area contributed by atoms with Crippen LogP contribution in [0, 0.1) is 0 Å². The quantitative estimate of drug-likeness (QED) is 0.309. The van der Waals surface area contributed by atoms with E-state index in [4.69, 9.17) is 16.3 Å². The summed E-state index contributed by atoms with van der Waals surface area (Å²) in [4.78, 5) is 22.3. The van der Waals surface area contributed by atoms with E-state index < -0.39 is 16.4 Å². The number of rotatable bonds is 1. The smallest absolute Gasteiger partial charge is 0.335 e. The van der Waals surface area contributed by atoms with Crippen LogP contribution in [0.1, 0.15) is 52.9 Å². The summed E-state index contributed by atoms with van der Waals surface area (Å²) in [5.74, 6) is -0.783. The third-order valence-electron chi connectivity index (χ3n) is 2.59. The Balaban J connectivity index is 2.81. The maximum absolute atomic E-state index is 11.9. The summed E-state index contributed by atoms with van der Waals surface area (Å²) < 4.78 is 5.21. The Kier molecular flexibility index (Phi) is 4.00. The molecule has 0 bridgehead atoms. The van der Waals surface area contributed by atoms with Crippen molar-refractivity contribution in [2.45, 2.75) is 63.4 Å². The Morgan fingerprint density at radius 1 is 1.31 bits per heavy atom. The maximum atomic E-state index is 11.9. The topological polar surface area (TPSA) is 43.4 Å². The first-order valence-electron chi connectivity index (χ1n) is 5.71. The molecule has 0 N–H and O–H groups in total. The second kappa shape index (κ2) is 4.74. The molecule has 92 valence electrons. The van der Waals surface area contributed by atoms with Gasteiger partial charge in [0.05, 0.1) is 0 Å². The zero-order valence-corrected chi connectivity index (χ0v) is 10.9. The van der Waals surface area contributed by atoms with E-state index in [2.05, 4.69) is 0 Å². The van der Waals surface area contributed by atoms with Gasteiger partial charge in [-0.3, -0.25) is 4.79 Å². The van der Waals surface area contributed by atoms with Crippen molar-refractivity contribution in [3.05, 3.63) is 0 Å². The van der Waals surface area contributed by atoms with Crippen LogP contribution in [0.4, 0.5) is 0 Å². The molecule has 16 heavy (non-hydrogen) atoms. The van der Waals surface area contributed by atoms with Crippen LogP contribution in [0.3, 0.4) is 0 Å². The molecule has 0 radical (unpaired) electrons. The standard InChI is InChI=1S/C12H19ClO3/c1-11(2,3)16-10(15)12(13)8-6-4-5-7-9(12)14/h4-8H2,1-3H3. The summed E-state index contributed by atoms with van der Waals surface area (Å²) in [5, 5.41) is 0. The SMILES string of the molecule is CC(C)(C)OC(=O)C1(Cl)CCCCCC1=O. The van der Waals surface area contributed by atoms with Crippen molar-refractivity contribution in [1.82, 2.24) is 0 Å². The van der Waals surface area contributed by atoms with Crippen LogP contribution in [0.15, 0.2) is 0 Å². The molecule has 0 spiro atoms. The third kappa shape index (κ3) is 3.21. The molecule has 0 saturated heterocycles. The van der Waals surface area contributed by atoms with Gasteiger partial charge in [-0.15, -0.1) is 0 Å². The molecular formula is C12H19ClO3. The molecule has 1 atom stereocenters. The van der Waals surface area contributed by atoms with Gasteiger partial charge in [-0.25, -0.2) is 4.79 Å². The molecule has 1 fully saturated rings. The number of halogens is 1. The van der Waals surface area contributed by atoms with E-state index >= 15 is 0 Å². The number of Topliss-reactive ketones (excluding diaryl/α,β-unsaturated/α-hetero) is 1. The fourth-order valence-corrected chi connectivity index (χ4v) is 2.01. The summed E-state index contributed by atoms with van der Waals surface area (Å²) in [6.45, 7) is 5.31. The van der Waals surface area contributed by atoms with Gasteiger partial charge in [-0.2, -0.15) is 0 Å². The van der Waals surface area contributed by atoms with Crippen molar-refractivity contribution >= 4 is 23.4 Å². The number of ether oxygens (including phenoxy) is 1. The Morgan fingerprint density at radius 2 is 1.94 bits per heavy atom. The van der Waals surface area contributed by atoms with E-state index in [0.29, 0.717) is 12.8 Å². The second-order valence-electron chi connectivity index (χ2n) is 5.29. The molecular weight excluding hydrogens is 228 g/mol. The van der Waals surface area contributed by atoms with E-state index in [1.165, 1.54) is 0 Å². The zero-order valence-electron chi connectivity index (χ0n) is 10.1. The lowest BCUT2D eigenvalue weighted by Gasteiger charge is -2.27. The number of carbonyl (C=O) groups excluding carboxylic acids is 2. The first-order valence-corrected chi connectivity index (χ1v) is 6.09. The van der Waals surface area contributed by atoms with Crippen molar-refractivity contribution < 1.29 is 14.3 Å². The van der Waals surface area contributed by atoms with E-state index in [1.54, 1.807) is 20.8 Å². The van der Waals surface area contributed by atoms with E-state index in [9.17, 15) is 9.59 Å². The average molecular weight is 247 g/mol. The Bertz CT molecular complexity index is 293. The summed E-state index contributed by atoms with van der Waals surface area (Å²) in [6.07, 6.45) is 3.33. The lowest BCUT2D eigenvalue weighted by Crippen LogP contribution is -2.44. The molecule has 0 aromatic rings. The highest BCUT2D eigenvalue weighted by molar-refractivity contribution is 6.45. The monoisotopic (exact) mass is 246 g/mol. The molecule has 0 amide bonds. The molecule has 0 aliphatic heterocycles. The lowest BCUT2D eigenvalue weighted by molar-refractivity contribution is -0.160. The van der Waals surface area contributed by atoms with Crippen LogP contribution in [0.25, 0.3) is 0 Å². The highest BCUT2D eigenvalue weighted by atomic mass is 35.5. The fraction of sp³-hybridized carbons (Fsp3) is 0.833. The molecule has 1 aliphatic rings. The van der Waals surface area contributed by atoms with Crippen molar-refractivity contribution in [2.75, 3.05) is 0 Å². The van der Waals surface area contributed by atoms with Crippen LogP contribution >= 0.6 is 11.6 Å². The summed E-state index contributed by atoms with van der Waals surface area (Å²) in [7, 11) is 0. The van der Waals surface area contributed by atoms with Gasteiger partial charge in [0.2, 0.25) is 0 Å². The van der Waals surface area contributed by atoms with Crippen LogP contribution in [0.2, 0.25) is 0 Å². The molecule has 3 nitrogen and oxygen atoms in total. The Labute approximate surface area is 101 Å². The molecule has 0 aromatic heterocycles. The Morgan fingerprint density at radius 3 is 2.50 bits per heavy atom. The summed E-state index contributed by atoms with van der Waals surface area (Å²) in [6, 6.07) is 0. The molecule has 1 saturated carbocycles. The first-order chi connectivity index (χ1) is 7.26. The van der Waals surface area contributed by atoms with E-state index in [-0.39, 0.29) is 5.78 Å². The number of hydrogen-bond donors (Lipinski definition) is 0. The minimum atomic E-state index is -1.44. The van der Waals surface area contributed by atoms with Crippen molar-refractivity contribution in [1.29, 1.82) is 0 Å². The summed E-state index contributed by atoms with van der Waals surface area (Å²) >= 11 is 6.16. The number of hydrogen-bond acceptors (Lipinski definition) is 3. The van der Waals surface area contributed by atoms with Crippen LogP contribution in [-0.4, -0.2) is 22.2 Å². The van der Waals surface area contributed by atoms with Gasteiger partial charge in [0.15, 0.2) is 10.7 Å². The maximum Gasteiger partial charge on any atom is 0.335 e. The number of ketones is 1. The molecule has 1 unspecified atom stereocenters. The molecule has 1 rings (SSSR count). The second-order valence-corrected chi connectivity index (χ2v) is 5.93. The molecule has 1 aliphatic carbocycles. The van der Waals surface area contributed by atoms with Crippen LogP contribution in [0.5, 0.6) is 0 Å². The highest BCUT2D eigenvalue weighted by Crippen LogP contribution is 2.32. The lowest BCUT2D eigenvalue weighted by atomic mass is 9.97. The van der Waals surface area contributed by atoms with Crippen LogP contribution in [-0.2, 0) is 14.3 Å². The van der Waals surface area contributed by atoms with E-state index in [1.807, 2.05) is 0 Å². The van der Waals surface area contributed by atoms with Gasteiger partial charge in [-0.1, -0.05) is 24.4 Å². The number of carbonyl (C=O) groups is 2. The molecule has 4 heteroatoms. The minimum absolute atomic E-state index is 0.194. The zero-order chi connectivity index (χ0) is 12.4. The molecule has 0 aromatic carbocycles. The minimum Gasteiger partial charge on any atom is -0.458 e. The first kappa shape index (κ1) is 13.5. The number of esters is 1. The van der Waals surface area contributed by atoms with Crippen molar-refractivity contribution in [3.8, 4) is 0 Å². The van der Waals surface area contributed by atoms with Gasteiger partial charge in [0, 0.05) is 6.42 Å². The predicted octanol–water partition coefficient (Wildman–Crippen LogP) is 2.84.